The standard InChI is InChI=1S/C64H118O6/c1-4-7-10-13-16-19-22-25-27-29-30-31-32-33-34-36-37-39-42-45-48-51-54-57-63(66)69-60-61(59-68-62(65)56-53-50-47-44-41-24-21-18-15-12-9-6-3)70-64(67)58-55-52-49-46-43-40-38-35-28-26-23-20-17-14-11-8-5-2/h17-18,20-21,26,28,61H,4-16,19,22-25,27,29-60H2,1-3H3/b20-17-,21-18-,28-26-. The van der Waals surface area contributed by atoms with Crippen LogP contribution in [0.3, 0.4) is 0 Å². The van der Waals surface area contributed by atoms with Crippen LogP contribution < -0.4 is 0 Å². The molecule has 410 valence electrons. The number of hydrogen-bond donors (Lipinski definition) is 0. The van der Waals surface area contributed by atoms with Crippen LogP contribution >= 0.6 is 0 Å². The maximum atomic E-state index is 12.9. The van der Waals surface area contributed by atoms with Gasteiger partial charge in [0.15, 0.2) is 6.10 Å². The van der Waals surface area contributed by atoms with E-state index in [0.29, 0.717) is 19.3 Å². The van der Waals surface area contributed by atoms with Crippen LogP contribution in [-0.4, -0.2) is 37.2 Å². The molecule has 0 rings (SSSR count). The third-order valence-corrected chi connectivity index (χ3v) is 13.9. The predicted molar refractivity (Wildman–Crippen MR) is 302 cm³/mol. The van der Waals surface area contributed by atoms with Crippen molar-refractivity contribution in [3.63, 3.8) is 0 Å². The molecule has 0 aliphatic heterocycles. The van der Waals surface area contributed by atoms with Crippen LogP contribution in [0.1, 0.15) is 335 Å². The minimum absolute atomic E-state index is 0.0742. The molecule has 70 heavy (non-hydrogen) atoms. The Bertz CT molecular complexity index is 1170. The molecule has 0 heterocycles. The van der Waals surface area contributed by atoms with Crippen LogP contribution in [0.5, 0.6) is 0 Å². The average Bonchev–Trinajstić information content (AvgIpc) is 3.36. The minimum Gasteiger partial charge on any atom is -0.462 e. The number of esters is 3. The summed E-state index contributed by atoms with van der Waals surface area (Å²) in [6, 6.07) is 0. The van der Waals surface area contributed by atoms with Gasteiger partial charge in [-0.1, -0.05) is 276 Å². The van der Waals surface area contributed by atoms with Crippen molar-refractivity contribution < 1.29 is 28.6 Å². The summed E-state index contributed by atoms with van der Waals surface area (Å²) >= 11 is 0. The third kappa shape index (κ3) is 56.5. The molecule has 0 spiro atoms. The van der Waals surface area contributed by atoms with Crippen LogP contribution in [0.2, 0.25) is 0 Å². The van der Waals surface area contributed by atoms with E-state index in [2.05, 4.69) is 57.2 Å². The average molecular weight is 984 g/mol. The summed E-state index contributed by atoms with van der Waals surface area (Å²) < 4.78 is 16.9. The molecule has 0 aromatic rings. The van der Waals surface area contributed by atoms with Crippen LogP contribution in [0.15, 0.2) is 36.5 Å². The first kappa shape index (κ1) is 67.6. The number of carbonyl (C=O) groups is 3. The number of hydrogen-bond acceptors (Lipinski definition) is 6. The lowest BCUT2D eigenvalue weighted by atomic mass is 10.0. The smallest absolute Gasteiger partial charge is 0.306 e. The number of ether oxygens (including phenoxy) is 3. The molecular formula is C64H118O6. The van der Waals surface area contributed by atoms with Crippen molar-refractivity contribution >= 4 is 17.9 Å². The molecular weight excluding hydrogens is 865 g/mol. The first-order chi connectivity index (χ1) is 34.5. The number of unbranched alkanes of at least 4 members (excludes halogenated alkanes) is 40. The highest BCUT2D eigenvalue weighted by molar-refractivity contribution is 5.71. The third-order valence-electron chi connectivity index (χ3n) is 13.9. The highest BCUT2D eigenvalue weighted by Gasteiger charge is 2.19. The first-order valence-corrected chi connectivity index (χ1v) is 31.0. The van der Waals surface area contributed by atoms with Gasteiger partial charge in [0.25, 0.3) is 0 Å². The Morgan fingerprint density at radius 3 is 0.829 bits per heavy atom. The number of rotatable bonds is 57. The van der Waals surface area contributed by atoms with Gasteiger partial charge in [-0.25, -0.2) is 0 Å². The maximum Gasteiger partial charge on any atom is 0.306 e. The molecule has 0 bridgehead atoms. The summed E-state index contributed by atoms with van der Waals surface area (Å²) in [5, 5.41) is 0. The Hall–Kier alpha value is -2.37. The molecule has 0 saturated heterocycles. The summed E-state index contributed by atoms with van der Waals surface area (Å²) in [5.74, 6) is -0.872. The Labute approximate surface area is 435 Å². The molecule has 0 fully saturated rings. The topological polar surface area (TPSA) is 78.9 Å². The second-order valence-corrected chi connectivity index (χ2v) is 21.0. The van der Waals surface area contributed by atoms with Crippen molar-refractivity contribution in [1.82, 2.24) is 0 Å². The second-order valence-electron chi connectivity index (χ2n) is 21.0. The lowest BCUT2D eigenvalue weighted by molar-refractivity contribution is -0.167. The largest absolute Gasteiger partial charge is 0.462 e. The van der Waals surface area contributed by atoms with Gasteiger partial charge in [0.05, 0.1) is 0 Å². The van der Waals surface area contributed by atoms with Gasteiger partial charge in [-0.3, -0.25) is 14.4 Å². The molecule has 0 radical (unpaired) electrons. The zero-order chi connectivity index (χ0) is 50.7. The number of carbonyl (C=O) groups excluding carboxylic acids is 3. The van der Waals surface area contributed by atoms with E-state index in [4.69, 9.17) is 14.2 Å². The zero-order valence-electron chi connectivity index (χ0n) is 47.1. The van der Waals surface area contributed by atoms with E-state index < -0.39 is 6.10 Å². The summed E-state index contributed by atoms with van der Waals surface area (Å²) in [7, 11) is 0. The molecule has 0 saturated carbocycles. The normalized spacial score (nSPS) is 12.2. The van der Waals surface area contributed by atoms with Crippen molar-refractivity contribution in [2.45, 2.75) is 341 Å². The zero-order valence-corrected chi connectivity index (χ0v) is 47.1. The Balaban J connectivity index is 4.25. The molecule has 0 aliphatic rings. The van der Waals surface area contributed by atoms with Crippen molar-refractivity contribution in [2.24, 2.45) is 0 Å². The molecule has 1 unspecified atom stereocenters. The molecule has 0 N–H and O–H groups in total. The van der Waals surface area contributed by atoms with Crippen molar-refractivity contribution in [2.75, 3.05) is 13.2 Å². The Kier molecular flexibility index (Phi) is 57.2. The molecule has 0 aromatic carbocycles. The van der Waals surface area contributed by atoms with Crippen LogP contribution in [-0.2, 0) is 28.6 Å². The van der Waals surface area contributed by atoms with Crippen LogP contribution in [0.25, 0.3) is 0 Å². The molecule has 6 nitrogen and oxygen atoms in total. The van der Waals surface area contributed by atoms with E-state index in [1.807, 2.05) is 0 Å². The molecule has 0 amide bonds. The monoisotopic (exact) mass is 983 g/mol. The fourth-order valence-corrected chi connectivity index (χ4v) is 9.18. The predicted octanol–water partition coefficient (Wildman–Crippen LogP) is 20.8. The Morgan fingerprint density at radius 2 is 0.514 bits per heavy atom. The highest BCUT2D eigenvalue weighted by Crippen LogP contribution is 2.17. The van der Waals surface area contributed by atoms with Crippen molar-refractivity contribution in [1.29, 1.82) is 0 Å². The van der Waals surface area contributed by atoms with Gasteiger partial charge in [0, 0.05) is 19.3 Å². The molecule has 6 heteroatoms. The molecule has 0 aliphatic carbocycles. The van der Waals surface area contributed by atoms with E-state index in [1.54, 1.807) is 0 Å². The fraction of sp³-hybridized carbons (Fsp3) is 0.859. The van der Waals surface area contributed by atoms with Gasteiger partial charge in [-0.05, 0) is 77.0 Å². The lowest BCUT2D eigenvalue weighted by Crippen LogP contribution is -2.30. The van der Waals surface area contributed by atoms with Crippen molar-refractivity contribution in [3.05, 3.63) is 36.5 Å². The fourth-order valence-electron chi connectivity index (χ4n) is 9.18. The van der Waals surface area contributed by atoms with Gasteiger partial charge in [0.1, 0.15) is 13.2 Å². The summed E-state index contributed by atoms with van der Waals surface area (Å²) in [5.41, 5.74) is 0. The van der Waals surface area contributed by atoms with Gasteiger partial charge < -0.3 is 14.2 Å². The second kappa shape index (κ2) is 59.2. The van der Waals surface area contributed by atoms with E-state index in [-0.39, 0.29) is 31.1 Å². The van der Waals surface area contributed by atoms with Gasteiger partial charge in [-0.2, -0.15) is 0 Å². The summed E-state index contributed by atoms with van der Waals surface area (Å²) in [6.45, 7) is 6.63. The highest BCUT2D eigenvalue weighted by atomic mass is 16.6. The summed E-state index contributed by atoms with van der Waals surface area (Å²) in [4.78, 5) is 38.2. The van der Waals surface area contributed by atoms with Crippen LogP contribution in [0.4, 0.5) is 0 Å². The van der Waals surface area contributed by atoms with E-state index in [1.165, 1.54) is 218 Å². The van der Waals surface area contributed by atoms with E-state index >= 15 is 0 Å². The molecule has 1 atom stereocenters. The SMILES string of the molecule is CCCCC/C=C\C/C=C\CCCCCCCCCC(=O)OC(COC(=O)CCCCCCC/C=C\CCCCC)COC(=O)CCCCCCCCCCCCCCCCCCCCCCCCC. The van der Waals surface area contributed by atoms with E-state index in [0.717, 1.165) is 77.0 Å². The van der Waals surface area contributed by atoms with Crippen molar-refractivity contribution in [3.8, 4) is 0 Å². The van der Waals surface area contributed by atoms with Gasteiger partial charge >= 0.3 is 17.9 Å². The van der Waals surface area contributed by atoms with E-state index in [9.17, 15) is 14.4 Å². The first-order valence-electron chi connectivity index (χ1n) is 31.0. The van der Waals surface area contributed by atoms with Crippen LogP contribution in [0, 0.1) is 0 Å². The number of allylic oxidation sites excluding steroid dienone is 6. The maximum absolute atomic E-state index is 12.9. The lowest BCUT2D eigenvalue weighted by Gasteiger charge is -2.18. The minimum atomic E-state index is -0.777. The van der Waals surface area contributed by atoms with Gasteiger partial charge in [0.2, 0.25) is 0 Å². The van der Waals surface area contributed by atoms with Gasteiger partial charge in [-0.15, -0.1) is 0 Å². The Morgan fingerprint density at radius 1 is 0.286 bits per heavy atom. The quantitative estimate of drug-likeness (QED) is 0.0261. The molecule has 0 aromatic heterocycles. The summed E-state index contributed by atoms with van der Waals surface area (Å²) in [6.07, 6.45) is 71.5.